The van der Waals surface area contributed by atoms with E-state index in [1.165, 1.54) is 16.4 Å². The maximum atomic E-state index is 13.0. The van der Waals surface area contributed by atoms with Crippen molar-refractivity contribution in [2.75, 3.05) is 25.0 Å². The van der Waals surface area contributed by atoms with E-state index in [2.05, 4.69) is 27.9 Å². The second-order valence-electron chi connectivity index (χ2n) is 6.89. The van der Waals surface area contributed by atoms with Crippen LogP contribution in [0.3, 0.4) is 0 Å². The van der Waals surface area contributed by atoms with Gasteiger partial charge in [-0.3, -0.25) is 4.79 Å². The van der Waals surface area contributed by atoms with Gasteiger partial charge in [0.25, 0.3) is 0 Å². The van der Waals surface area contributed by atoms with E-state index in [-0.39, 0.29) is 29.4 Å². The fourth-order valence-corrected chi connectivity index (χ4v) is 5.15. The Labute approximate surface area is 179 Å². The SMILES string of the molecule is CC1CN(S(=O)(=O)c2cccc(C(=O)CNc3ccc(I)cc3)c2)CC(C)O1. The Hall–Kier alpha value is -1.49. The molecule has 0 saturated carbocycles. The van der Waals surface area contributed by atoms with Crippen LogP contribution in [-0.2, 0) is 14.8 Å². The second-order valence-corrected chi connectivity index (χ2v) is 10.1. The number of Topliss-reactive ketones (excluding diaryl/α,β-unsaturated/α-hetero) is 1. The zero-order valence-corrected chi connectivity index (χ0v) is 18.7. The minimum atomic E-state index is -3.68. The van der Waals surface area contributed by atoms with Crippen LogP contribution in [0.1, 0.15) is 24.2 Å². The van der Waals surface area contributed by atoms with Crippen molar-refractivity contribution >= 4 is 44.1 Å². The minimum Gasteiger partial charge on any atom is -0.378 e. The van der Waals surface area contributed by atoms with Crippen molar-refractivity contribution in [3.8, 4) is 0 Å². The smallest absolute Gasteiger partial charge is 0.243 e. The van der Waals surface area contributed by atoms with Crippen molar-refractivity contribution in [3.63, 3.8) is 0 Å². The van der Waals surface area contributed by atoms with Crippen LogP contribution in [0.5, 0.6) is 0 Å². The number of anilines is 1. The fraction of sp³-hybridized carbons (Fsp3) is 0.350. The molecule has 0 amide bonds. The molecule has 0 aromatic heterocycles. The molecule has 3 rings (SSSR count). The first-order valence-electron chi connectivity index (χ1n) is 9.04. The molecule has 1 N–H and O–H groups in total. The molecule has 1 saturated heterocycles. The van der Waals surface area contributed by atoms with Crippen molar-refractivity contribution < 1.29 is 17.9 Å². The highest BCUT2D eigenvalue weighted by atomic mass is 127. The Morgan fingerprint density at radius 2 is 1.79 bits per heavy atom. The van der Waals surface area contributed by atoms with Crippen molar-refractivity contribution in [1.82, 2.24) is 4.31 Å². The summed E-state index contributed by atoms with van der Waals surface area (Å²) in [5.74, 6) is -0.167. The maximum Gasteiger partial charge on any atom is 0.243 e. The van der Waals surface area contributed by atoms with Crippen LogP contribution in [0.4, 0.5) is 5.69 Å². The van der Waals surface area contributed by atoms with Gasteiger partial charge in [0, 0.05) is 27.9 Å². The van der Waals surface area contributed by atoms with Crippen molar-refractivity contribution in [3.05, 3.63) is 57.7 Å². The molecule has 1 aliphatic rings. The van der Waals surface area contributed by atoms with Crippen LogP contribution in [0.15, 0.2) is 53.4 Å². The quantitative estimate of drug-likeness (QED) is 0.473. The van der Waals surface area contributed by atoms with E-state index < -0.39 is 10.0 Å². The standard InChI is InChI=1S/C20H23IN2O4S/c1-14-12-23(13-15(2)27-14)28(25,26)19-5-3-4-16(10-19)20(24)11-22-18-8-6-17(21)7-9-18/h3-10,14-15,22H,11-13H2,1-2H3. The van der Waals surface area contributed by atoms with Gasteiger partial charge in [0.2, 0.25) is 10.0 Å². The number of carbonyl (C=O) groups is 1. The lowest BCUT2D eigenvalue weighted by atomic mass is 10.1. The second kappa shape index (κ2) is 8.89. The first kappa shape index (κ1) is 21.2. The molecule has 0 radical (unpaired) electrons. The lowest BCUT2D eigenvalue weighted by molar-refractivity contribution is -0.0440. The predicted molar refractivity (Wildman–Crippen MR) is 117 cm³/mol. The molecule has 28 heavy (non-hydrogen) atoms. The third-order valence-corrected chi connectivity index (χ3v) is 7.02. The Bertz CT molecular complexity index is 937. The number of ether oxygens (including phenoxy) is 1. The highest BCUT2D eigenvalue weighted by molar-refractivity contribution is 14.1. The van der Waals surface area contributed by atoms with Gasteiger partial charge in [0.05, 0.1) is 23.6 Å². The lowest BCUT2D eigenvalue weighted by Gasteiger charge is -2.34. The molecule has 8 heteroatoms. The Balaban J connectivity index is 1.73. The summed E-state index contributed by atoms with van der Waals surface area (Å²) in [6.07, 6.45) is -0.331. The first-order valence-corrected chi connectivity index (χ1v) is 11.6. The number of benzene rings is 2. The van der Waals surface area contributed by atoms with Gasteiger partial charge in [-0.1, -0.05) is 12.1 Å². The van der Waals surface area contributed by atoms with Crippen LogP contribution in [0, 0.1) is 3.57 Å². The molecule has 2 unspecified atom stereocenters. The van der Waals surface area contributed by atoms with E-state index >= 15 is 0 Å². The number of sulfonamides is 1. The number of hydrogen-bond donors (Lipinski definition) is 1. The van der Waals surface area contributed by atoms with Gasteiger partial charge in [-0.25, -0.2) is 8.42 Å². The number of morpholine rings is 1. The molecular weight excluding hydrogens is 491 g/mol. The number of nitrogens with one attached hydrogen (secondary N) is 1. The Morgan fingerprint density at radius 1 is 1.14 bits per heavy atom. The molecule has 0 bridgehead atoms. The summed E-state index contributed by atoms with van der Waals surface area (Å²) in [6.45, 7) is 4.41. The van der Waals surface area contributed by atoms with Crippen LogP contribution >= 0.6 is 22.6 Å². The van der Waals surface area contributed by atoms with Crippen molar-refractivity contribution in [1.29, 1.82) is 0 Å². The molecule has 150 valence electrons. The van der Waals surface area contributed by atoms with E-state index in [4.69, 9.17) is 4.74 Å². The average Bonchev–Trinajstić information content (AvgIpc) is 2.66. The molecule has 2 aromatic rings. The highest BCUT2D eigenvalue weighted by Crippen LogP contribution is 2.22. The Kier molecular flexibility index (Phi) is 6.74. The summed E-state index contributed by atoms with van der Waals surface area (Å²) in [6, 6.07) is 13.9. The summed E-state index contributed by atoms with van der Waals surface area (Å²) in [5.41, 5.74) is 1.21. The largest absolute Gasteiger partial charge is 0.378 e. The molecular formula is C20H23IN2O4S. The normalized spacial score (nSPS) is 20.7. The molecule has 0 spiro atoms. The third-order valence-electron chi connectivity index (χ3n) is 4.48. The summed E-state index contributed by atoms with van der Waals surface area (Å²) in [4.78, 5) is 12.7. The van der Waals surface area contributed by atoms with E-state index in [0.29, 0.717) is 18.7 Å². The fourth-order valence-electron chi connectivity index (χ4n) is 3.16. The van der Waals surface area contributed by atoms with Crippen molar-refractivity contribution in [2.45, 2.75) is 31.0 Å². The van der Waals surface area contributed by atoms with Crippen LogP contribution in [0.25, 0.3) is 0 Å². The van der Waals surface area contributed by atoms with E-state index in [9.17, 15) is 13.2 Å². The van der Waals surface area contributed by atoms with Gasteiger partial charge < -0.3 is 10.1 Å². The summed E-state index contributed by atoms with van der Waals surface area (Å²) >= 11 is 2.22. The van der Waals surface area contributed by atoms with E-state index in [0.717, 1.165) is 9.26 Å². The number of hydrogen-bond acceptors (Lipinski definition) is 5. The predicted octanol–water partition coefficient (Wildman–Crippen LogP) is 3.38. The number of ketones is 1. The molecule has 1 heterocycles. The maximum absolute atomic E-state index is 13.0. The van der Waals surface area contributed by atoms with Crippen LogP contribution in [0.2, 0.25) is 0 Å². The van der Waals surface area contributed by atoms with Crippen molar-refractivity contribution in [2.24, 2.45) is 0 Å². The van der Waals surface area contributed by atoms with E-state index in [1.54, 1.807) is 12.1 Å². The number of rotatable bonds is 6. The number of nitrogens with zero attached hydrogens (tertiary/aromatic N) is 1. The minimum absolute atomic E-state index is 0.0930. The molecule has 6 nitrogen and oxygen atoms in total. The first-order chi connectivity index (χ1) is 13.3. The average molecular weight is 514 g/mol. The van der Waals surface area contributed by atoms with Crippen LogP contribution in [-0.4, -0.2) is 50.3 Å². The topological polar surface area (TPSA) is 75.7 Å². The lowest BCUT2D eigenvalue weighted by Crippen LogP contribution is -2.48. The summed E-state index contributed by atoms with van der Waals surface area (Å²) in [5, 5.41) is 3.07. The number of halogens is 1. The summed E-state index contributed by atoms with van der Waals surface area (Å²) < 4.78 is 34.2. The third kappa shape index (κ3) is 5.11. The molecule has 0 aliphatic carbocycles. The highest BCUT2D eigenvalue weighted by Gasteiger charge is 2.32. The molecule has 2 atom stereocenters. The zero-order chi connectivity index (χ0) is 20.3. The molecule has 1 aliphatic heterocycles. The van der Waals surface area contributed by atoms with Gasteiger partial charge in [0.1, 0.15) is 0 Å². The van der Waals surface area contributed by atoms with Gasteiger partial charge in [0.15, 0.2) is 5.78 Å². The molecule has 1 fully saturated rings. The van der Waals surface area contributed by atoms with Gasteiger partial charge >= 0.3 is 0 Å². The van der Waals surface area contributed by atoms with Gasteiger partial charge in [-0.2, -0.15) is 4.31 Å². The summed E-state index contributed by atoms with van der Waals surface area (Å²) in [7, 11) is -3.68. The monoisotopic (exact) mass is 514 g/mol. The molecule has 2 aromatic carbocycles. The van der Waals surface area contributed by atoms with Crippen LogP contribution < -0.4 is 5.32 Å². The Morgan fingerprint density at radius 3 is 2.43 bits per heavy atom. The van der Waals surface area contributed by atoms with E-state index in [1.807, 2.05) is 38.1 Å². The zero-order valence-electron chi connectivity index (χ0n) is 15.8. The number of carbonyl (C=O) groups excluding carboxylic acids is 1. The van der Waals surface area contributed by atoms with Gasteiger partial charge in [-0.05, 0) is 72.8 Å². The van der Waals surface area contributed by atoms with Gasteiger partial charge in [-0.15, -0.1) is 0 Å².